The standard InChI is InChI=1S/C23H29N3O4S/c1-3-26(4-2)31(29,30)19-12-10-11-18(17-19)22(27)24-21-14-7-6-13-20(21)23(28)25-15-8-5-9-16-25/h6-7,10-14,17H,3-5,8-9,15-16H2,1-2H3,(H,24,27). The molecule has 31 heavy (non-hydrogen) atoms. The number of hydrogen-bond acceptors (Lipinski definition) is 4. The Hall–Kier alpha value is -2.71. The van der Waals surface area contributed by atoms with Crippen LogP contribution in [-0.4, -0.2) is 55.6 Å². The highest BCUT2D eigenvalue weighted by molar-refractivity contribution is 7.89. The van der Waals surface area contributed by atoms with Crippen molar-refractivity contribution in [1.82, 2.24) is 9.21 Å². The Morgan fingerprint density at radius 3 is 2.32 bits per heavy atom. The number of benzene rings is 2. The van der Waals surface area contributed by atoms with Crippen molar-refractivity contribution >= 4 is 27.5 Å². The van der Waals surface area contributed by atoms with E-state index in [1.165, 1.54) is 16.4 Å². The minimum atomic E-state index is -3.67. The molecule has 1 saturated heterocycles. The predicted molar refractivity (Wildman–Crippen MR) is 121 cm³/mol. The molecule has 0 radical (unpaired) electrons. The maximum absolute atomic E-state index is 13.0. The zero-order valence-electron chi connectivity index (χ0n) is 18.0. The second-order valence-corrected chi connectivity index (χ2v) is 9.41. The minimum absolute atomic E-state index is 0.0709. The zero-order valence-corrected chi connectivity index (χ0v) is 18.8. The van der Waals surface area contributed by atoms with Crippen LogP contribution in [0.25, 0.3) is 0 Å². The number of carbonyl (C=O) groups excluding carboxylic acids is 2. The zero-order chi connectivity index (χ0) is 22.4. The summed E-state index contributed by atoms with van der Waals surface area (Å²) < 4.78 is 26.9. The van der Waals surface area contributed by atoms with Gasteiger partial charge in [-0.25, -0.2) is 8.42 Å². The molecular weight excluding hydrogens is 414 g/mol. The summed E-state index contributed by atoms with van der Waals surface area (Å²) in [5, 5.41) is 2.79. The largest absolute Gasteiger partial charge is 0.339 e. The SMILES string of the molecule is CCN(CC)S(=O)(=O)c1cccc(C(=O)Nc2ccccc2C(=O)N2CCCCC2)c1. The number of piperidine rings is 1. The van der Waals surface area contributed by atoms with Gasteiger partial charge in [0.25, 0.3) is 11.8 Å². The van der Waals surface area contributed by atoms with Gasteiger partial charge in [0, 0.05) is 31.7 Å². The Balaban J connectivity index is 1.84. The molecule has 1 aliphatic rings. The smallest absolute Gasteiger partial charge is 0.255 e. The number of carbonyl (C=O) groups is 2. The summed E-state index contributed by atoms with van der Waals surface area (Å²) in [6.45, 7) is 5.67. The molecule has 2 aromatic carbocycles. The fourth-order valence-electron chi connectivity index (χ4n) is 3.75. The van der Waals surface area contributed by atoms with E-state index >= 15 is 0 Å². The van der Waals surface area contributed by atoms with Crippen LogP contribution in [0.5, 0.6) is 0 Å². The number of hydrogen-bond donors (Lipinski definition) is 1. The predicted octanol–water partition coefficient (Wildman–Crippen LogP) is 3.60. The van der Waals surface area contributed by atoms with Crippen molar-refractivity contribution in [2.45, 2.75) is 38.0 Å². The van der Waals surface area contributed by atoms with Crippen LogP contribution in [0.4, 0.5) is 5.69 Å². The number of likely N-dealkylation sites (tertiary alicyclic amines) is 1. The maximum Gasteiger partial charge on any atom is 0.255 e. The lowest BCUT2D eigenvalue weighted by atomic mass is 10.1. The van der Waals surface area contributed by atoms with Crippen molar-refractivity contribution in [2.24, 2.45) is 0 Å². The molecule has 0 saturated carbocycles. The van der Waals surface area contributed by atoms with Crippen LogP contribution in [0.3, 0.4) is 0 Å². The summed E-state index contributed by atoms with van der Waals surface area (Å²) in [5.41, 5.74) is 1.07. The summed E-state index contributed by atoms with van der Waals surface area (Å²) in [6.07, 6.45) is 3.08. The molecule has 0 unspecified atom stereocenters. The molecule has 0 aromatic heterocycles. The minimum Gasteiger partial charge on any atom is -0.339 e. The van der Waals surface area contributed by atoms with E-state index < -0.39 is 15.9 Å². The van der Waals surface area contributed by atoms with Gasteiger partial charge in [0.1, 0.15) is 0 Å². The molecule has 166 valence electrons. The first-order valence-corrected chi connectivity index (χ1v) is 12.1. The first-order valence-electron chi connectivity index (χ1n) is 10.7. The number of nitrogens with one attached hydrogen (secondary N) is 1. The van der Waals surface area contributed by atoms with E-state index in [4.69, 9.17) is 0 Å². The van der Waals surface area contributed by atoms with Gasteiger partial charge in [0.05, 0.1) is 16.1 Å². The van der Waals surface area contributed by atoms with Crippen LogP contribution < -0.4 is 5.32 Å². The van der Waals surface area contributed by atoms with Crippen molar-refractivity contribution in [2.75, 3.05) is 31.5 Å². The van der Waals surface area contributed by atoms with Gasteiger partial charge in [-0.1, -0.05) is 32.0 Å². The molecular formula is C23H29N3O4S. The average molecular weight is 444 g/mol. The molecule has 0 bridgehead atoms. The fourth-order valence-corrected chi connectivity index (χ4v) is 5.26. The monoisotopic (exact) mass is 443 g/mol. The van der Waals surface area contributed by atoms with Gasteiger partial charge in [-0.2, -0.15) is 4.31 Å². The highest BCUT2D eigenvalue weighted by Gasteiger charge is 2.24. The van der Waals surface area contributed by atoms with Gasteiger partial charge in [-0.15, -0.1) is 0 Å². The fraction of sp³-hybridized carbons (Fsp3) is 0.391. The molecule has 1 fully saturated rings. The Bertz CT molecular complexity index is 1040. The second-order valence-electron chi connectivity index (χ2n) is 7.47. The van der Waals surface area contributed by atoms with E-state index in [9.17, 15) is 18.0 Å². The first kappa shape index (κ1) is 23.0. The van der Waals surface area contributed by atoms with Crippen LogP contribution in [-0.2, 0) is 10.0 Å². The molecule has 1 aliphatic heterocycles. The van der Waals surface area contributed by atoms with Gasteiger partial charge >= 0.3 is 0 Å². The van der Waals surface area contributed by atoms with Crippen LogP contribution in [0.2, 0.25) is 0 Å². The van der Waals surface area contributed by atoms with E-state index in [-0.39, 0.29) is 16.4 Å². The Labute approximate surface area is 184 Å². The van der Waals surface area contributed by atoms with E-state index in [1.807, 2.05) is 4.90 Å². The highest BCUT2D eigenvalue weighted by atomic mass is 32.2. The van der Waals surface area contributed by atoms with Crippen LogP contribution >= 0.6 is 0 Å². The van der Waals surface area contributed by atoms with Crippen LogP contribution in [0.1, 0.15) is 53.8 Å². The lowest BCUT2D eigenvalue weighted by molar-refractivity contribution is 0.0725. The molecule has 0 spiro atoms. The summed E-state index contributed by atoms with van der Waals surface area (Å²) in [7, 11) is -3.67. The molecule has 7 nitrogen and oxygen atoms in total. The van der Waals surface area contributed by atoms with Gasteiger partial charge in [0.15, 0.2) is 0 Å². The normalized spacial score (nSPS) is 14.5. The van der Waals surface area contributed by atoms with E-state index in [0.29, 0.717) is 37.4 Å². The summed E-state index contributed by atoms with van der Waals surface area (Å²) >= 11 is 0. The van der Waals surface area contributed by atoms with Crippen molar-refractivity contribution in [3.05, 3.63) is 59.7 Å². The quantitative estimate of drug-likeness (QED) is 0.708. The van der Waals surface area contributed by atoms with Crippen LogP contribution in [0, 0.1) is 0 Å². The first-order chi connectivity index (χ1) is 14.9. The van der Waals surface area contributed by atoms with Gasteiger partial charge in [-0.3, -0.25) is 9.59 Å². The molecule has 3 rings (SSSR count). The third-order valence-electron chi connectivity index (χ3n) is 5.49. The molecule has 8 heteroatoms. The summed E-state index contributed by atoms with van der Waals surface area (Å²) in [6, 6.07) is 12.9. The highest BCUT2D eigenvalue weighted by Crippen LogP contribution is 2.22. The third kappa shape index (κ3) is 5.14. The van der Waals surface area contributed by atoms with Gasteiger partial charge in [-0.05, 0) is 49.6 Å². The molecule has 1 N–H and O–H groups in total. The number of nitrogens with zero attached hydrogens (tertiary/aromatic N) is 2. The number of anilines is 1. The number of para-hydroxylation sites is 1. The molecule has 2 aromatic rings. The van der Waals surface area contributed by atoms with E-state index in [1.54, 1.807) is 50.2 Å². The van der Waals surface area contributed by atoms with Gasteiger partial charge < -0.3 is 10.2 Å². The number of amides is 2. The Morgan fingerprint density at radius 2 is 1.65 bits per heavy atom. The van der Waals surface area contributed by atoms with Crippen molar-refractivity contribution in [3.8, 4) is 0 Å². The van der Waals surface area contributed by atoms with Crippen LogP contribution in [0.15, 0.2) is 53.4 Å². The Morgan fingerprint density at radius 1 is 0.968 bits per heavy atom. The molecule has 1 heterocycles. The second kappa shape index (κ2) is 10.1. The summed E-state index contributed by atoms with van der Waals surface area (Å²) in [5.74, 6) is -0.566. The summed E-state index contributed by atoms with van der Waals surface area (Å²) in [4.78, 5) is 27.7. The molecule has 0 aliphatic carbocycles. The third-order valence-corrected chi connectivity index (χ3v) is 7.53. The van der Waals surface area contributed by atoms with Crippen molar-refractivity contribution in [1.29, 1.82) is 0 Å². The van der Waals surface area contributed by atoms with E-state index in [2.05, 4.69) is 5.32 Å². The Kier molecular flexibility index (Phi) is 7.46. The maximum atomic E-state index is 13.0. The number of sulfonamides is 1. The molecule has 2 amide bonds. The van der Waals surface area contributed by atoms with Gasteiger partial charge in [0.2, 0.25) is 10.0 Å². The van der Waals surface area contributed by atoms with Crippen molar-refractivity contribution in [3.63, 3.8) is 0 Å². The number of rotatable bonds is 7. The molecule has 0 atom stereocenters. The van der Waals surface area contributed by atoms with Crippen molar-refractivity contribution < 1.29 is 18.0 Å². The van der Waals surface area contributed by atoms with E-state index in [0.717, 1.165) is 19.3 Å². The average Bonchev–Trinajstić information content (AvgIpc) is 2.80. The lowest BCUT2D eigenvalue weighted by Gasteiger charge is -2.27. The topological polar surface area (TPSA) is 86.8 Å². The lowest BCUT2D eigenvalue weighted by Crippen LogP contribution is -2.36.